The molecule has 0 aromatic heterocycles. The van der Waals surface area contributed by atoms with Gasteiger partial charge in [-0.15, -0.1) is 0 Å². The minimum Gasteiger partial charge on any atom is -0.315 e. The number of likely N-dealkylation sites (tertiary alicyclic amines) is 1. The molecule has 16 heavy (non-hydrogen) atoms. The third kappa shape index (κ3) is 3.05. The Labute approximate surface area is 98.5 Å². The number of nitrogens with zero attached hydrogens (tertiary/aromatic N) is 1. The molecule has 1 unspecified atom stereocenters. The summed E-state index contributed by atoms with van der Waals surface area (Å²) >= 11 is 0. The van der Waals surface area contributed by atoms with Gasteiger partial charge < -0.3 is 4.90 Å². The Bertz CT molecular complexity index is 454. The zero-order valence-corrected chi connectivity index (χ0v) is 10.5. The van der Waals surface area contributed by atoms with E-state index in [1.54, 1.807) is 6.92 Å². The summed E-state index contributed by atoms with van der Waals surface area (Å²) in [6.07, 6.45) is 1.16. The summed E-state index contributed by atoms with van der Waals surface area (Å²) in [6, 6.07) is 0. The Morgan fingerprint density at radius 2 is 2.06 bits per heavy atom. The van der Waals surface area contributed by atoms with Crippen LogP contribution in [0.25, 0.3) is 0 Å². The lowest BCUT2D eigenvalue weighted by Crippen LogP contribution is -2.25. The predicted molar refractivity (Wildman–Crippen MR) is 59.3 cm³/mol. The van der Waals surface area contributed by atoms with Crippen LogP contribution in [-0.4, -0.2) is 36.8 Å². The van der Waals surface area contributed by atoms with Crippen LogP contribution in [0.2, 0.25) is 0 Å². The molecule has 1 saturated heterocycles. The second-order valence-corrected chi connectivity index (χ2v) is 6.61. The summed E-state index contributed by atoms with van der Waals surface area (Å²) < 4.78 is 22.1. The van der Waals surface area contributed by atoms with Crippen molar-refractivity contribution in [2.24, 2.45) is 0 Å². The van der Waals surface area contributed by atoms with Crippen molar-refractivity contribution in [1.82, 2.24) is 4.90 Å². The maximum absolute atomic E-state index is 11.5. The summed E-state index contributed by atoms with van der Waals surface area (Å²) in [4.78, 5) is 23.6. The second kappa shape index (κ2) is 4.55. The maximum Gasteiger partial charge on any atom is 0.237 e. The number of hydrogen-bond donors (Lipinski definition) is 0. The molecular formula is C9H12ClNO4S. The lowest BCUT2D eigenvalue weighted by Gasteiger charge is -2.16. The fraction of sp³-hybridized carbons (Fsp3) is 0.556. The summed E-state index contributed by atoms with van der Waals surface area (Å²) in [7, 11) is 1.45. The van der Waals surface area contributed by atoms with E-state index in [9.17, 15) is 18.0 Å². The molecule has 0 bridgehead atoms. The van der Waals surface area contributed by atoms with E-state index in [-0.39, 0.29) is 24.7 Å². The van der Waals surface area contributed by atoms with Crippen molar-refractivity contribution in [3.63, 3.8) is 0 Å². The van der Waals surface area contributed by atoms with Crippen LogP contribution in [0.5, 0.6) is 0 Å². The first kappa shape index (κ1) is 13.2. The Hall–Kier alpha value is -0.880. The molecule has 1 heterocycles. The van der Waals surface area contributed by atoms with Crippen molar-refractivity contribution in [3.8, 4) is 0 Å². The molecule has 7 heteroatoms. The zero-order chi connectivity index (χ0) is 12.5. The summed E-state index contributed by atoms with van der Waals surface area (Å²) in [5, 5.41) is -0.892. The number of amides is 1. The third-order valence-corrected chi connectivity index (χ3v) is 4.19. The largest absolute Gasteiger partial charge is 0.315 e. The quantitative estimate of drug-likeness (QED) is 0.555. The van der Waals surface area contributed by atoms with Crippen molar-refractivity contribution in [2.45, 2.75) is 25.5 Å². The molecule has 1 rings (SSSR count). The highest BCUT2D eigenvalue weighted by Crippen LogP contribution is 2.24. The average molecular weight is 266 g/mol. The van der Waals surface area contributed by atoms with Crippen LogP contribution in [0, 0.1) is 0 Å². The Kier molecular flexibility index (Phi) is 3.75. The maximum atomic E-state index is 11.5. The molecule has 1 atom stereocenters. The molecule has 0 aromatic carbocycles. The van der Waals surface area contributed by atoms with Crippen LogP contribution in [0.3, 0.4) is 0 Å². The Balaban J connectivity index is 2.88. The first-order valence-corrected chi connectivity index (χ1v) is 7.01. The van der Waals surface area contributed by atoms with Gasteiger partial charge in [0.2, 0.25) is 15.0 Å². The smallest absolute Gasteiger partial charge is 0.237 e. The topological polar surface area (TPSA) is 71.5 Å². The number of ketones is 1. The number of hydrogen-bond acceptors (Lipinski definition) is 4. The Morgan fingerprint density at radius 1 is 1.50 bits per heavy atom. The fourth-order valence-corrected chi connectivity index (χ4v) is 2.60. The molecule has 0 aliphatic carbocycles. The summed E-state index contributed by atoms with van der Waals surface area (Å²) in [6.45, 7) is 2.96. The molecule has 90 valence electrons. The van der Waals surface area contributed by atoms with Gasteiger partial charge >= 0.3 is 0 Å². The summed E-state index contributed by atoms with van der Waals surface area (Å²) in [5.41, 5.74) is 0.445. The van der Waals surface area contributed by atoms with Gasteiger partial charge in [-0.3, -0.25) is 9.59 Å². The van der Waals surface area contributed by atoms with Gasteiger partial charge in [0, 0.05) is 35.4 Å². The SMILES string of the molecule is CC(=O)C=C(C)N1CC(S(=O)(=O)Cl)CC1=O. The number of carbonyl (C=O) groups is 2. The first-order valence-electron chi connectivity index (χ1n) is 4.64. The standard InChI is InChI=1S/C9H12ClNO4S/c1-6(3-7(2)12)11-5-8(4-9(11)13)16(10,14)15/h3,8H,4-5H2,1-2H3. The van der Waals surface area contributed by atoms with Gasteiger partial charge in [0.1, 0.15) is 5.25 Å². The highest BCUT2D eigenvalue weighted by atomic mass is 35.7. The number of halogens is 1. The van der Waals surface area contributed by atoms with Crippen LogP contribution in [0.1, 0.15) is 20.3 Å². The van der Waals surface area contributed by atoms with Crippen LogP contribution in [-0.2, 0) is 18.6 Å². The predicted octanol–water partition coefficient (Wildman–Crippen LogP) is 0.649. The van der Waals surface area contributed by atoms with Gasteiger partial charge in [0.25, 0.3) is 0 Å². The fourth-order valence-electron chi connectivity index (χ4n) is 1.58. The molecule has 0 spiro atoms. The molecule has 0 radical (unpaired) electrons. The second-order valence-electron chi connectivity index (χ2n) is 3.70. The molecule has 1 aliphatic rings. The molecular weight excluding hydrogens is 254 g/mol. The van der Waals surface area contributed by atoms with E-state index in [0.29, 0.717) is 5.70 Å². The van der Waals surface area contributed by atoms with E-state index in [4.69, 9.17) is 10.7 Å². The van der Waals surface area contributed by atoms with Crippen molar-refractivity contribution < 1.29 is 18.0 Å². The number of allylic oxidation sites excluding steroid dienone is 2. The highest BCUT2D eigenvalue weighted by molar-refractivity contribution is 8.14. The van der Waals surface area contributed by atoms with Gasteiger partial charge in [0.05, 0.1) is 0 Å². The lowest BCUT2D eigenvalue weighted by atomic mass is 10.3. The van der Waals surface area contributed by atoms with Crippen molar-refractivity contribution in [2.75, 3.05) is 6.54 Å². The Morgan fingerprint density at radius 3 is 2.44 bits per heavy atom. The van der Waals surface area contributed by atoms with Crippen LogP contribution >= 0.6 is 10.7 Å². The van der Waals surface area contributed by atoms with Crippen molar-refractivity contribution in [3.05, 3.63) is 11.8 Å². The lowest BCUT2D eigenvalue weighted by molar-refractivity contribution is -0.126. The van der Waals surface area contributed by atoms with Gasteiger partial charge in [0.15, 0.2) is 5.78 Å². The number of rotatable bonds is 3. The van der Waals surface area contributed by atoms with E-state index in [0.717, 1.165) is 0 Å². The molecule has 1 aliphatic heterocycles. The van der Waals surface area contributed by atoms with E-state index < -0.39 is 14.3 Å². The van der Waals surface area contributed by atoms with Crippen molar-refractivity contribution >= 4 is 31.4 Å². The molecule has 0 aromatic rings. The van der Waals surface area contributed by atoms with Crippen LogP contribution in [0.4, 0.5) is 0 Å². The minimum absolute atomic E-state index is 0.0142. The molecule has 1 amide bonds. The first-order chi connectivity index (χ1) is 7.21. The number of carbonyl (C=O) groups excluding carboxylic acids is 2. The third-order valence-electron chi connectivity index (χ3n) is 2.33. The van der Waals surface area contributed by atoms with Gasteiger partial charge in [-0.2, -0.15) is 0 Å². The molecule has 5 nitrogen and oxygen atoms in total. The average Bonchev–Trinajstić information content (AvgIpc) is 2.44. The van der Waals surface area contributed by atoms with E-state index >= 15 is 0 Å². The van der Waals surface area contributed by atoms with E-state index in [1.807, 2.05) is 0 Å². The molecule has 1 fully saturated rings. The normalized spacial score (nSPS) is 22.7. The minimum atomic E-state index is -3.73. The van der Waals surface area contributed by atoms with Gasteiger partial charge in [-0.25, -0.2) is 8.42 Å². The molecule has 0 N–H and O–H groups in total. The van der Waals surface area contributed by atoms with Crippen LogP contribution in [0.15, 0.2) is 11.8 Å². The van der Waals surface area contributed by atoms with Crippen molar-refractivity contribution in [1.29, 1.82) is 0 Å². The van der Waals surface area contributed by atoms with Crippen LogP contribution < -0.4 is 0 Å². The zero-order valence-electron chi connectivity index (χ0n) is 8.94. The van der Waals surface area contributed by atoms with E-state index in [2.05, 4.69) is 0 Å². The monoisotopic (exact) mass is 265 g/mol. The van der Waals surface area contributed by atoms with Gasteiger partial charge in [-0.1, -0.05) is 0 Å². The van der Waals surface area contributed by atoms with Gasteiger partial charge in [-0.05, 0) is 13.8 Å². The highest BCUT2D eigenvalue weighted by Gasteiger charge is 2.37. The summed E-state index contributed by atoms with van der Waals surface area (Å²) in [5.74, 6) is -0.522. The van der Waals surface area contributed by atoms with E-state index in [1.165, 1.54) is 17.9 Å². The molecule has 0 saturated carbocycles.